The molecule has 0 unspecified atom stereocenters. The van der Waals surface area contributed by atoms with E-state index in [0.717, 1.165) is 20.9 Å². The van der Waals surface area contributed by atoms with Crippen LogP contribution in [-0.2, 0) is 11.9 Å². The molecule has 2 nitrogen and oxygen atoms in total. The average molecular weight is 397 g/mol. The number of amides is 1. The van der Waals surface area contributed by atoms with Gasteiger partial charge in [0.25, 0.3) is 5.91 Å². The second-order valence-corrected chi connectivity index (χ2v) is 6.13. The fraction of sp³-hybridized carbons (Fsp3) is 0.188. The van der Waals surface area contributed by atoms with Gasteiger partial charge in [0.2, 0.25) is 0 Å². The van der Waals surface area contributed by atoms with Crippen molar-refractivity contribution in [2.75, 3.05) is 0 Å². The van der Waals surface area contributed by atoms with E-state index in [1.54, 1.807) is 0 Å². The Balaban J connectivity index is 2.00. The maximum atomic E-state index is 12.1. The molecular weight excluding hydrogens is 382 g/mol. The molecule has 0 aliphatic carbocycles. The second kappa shape index (κ2) is 7.04. The summed E-state index contributed by atoms with van der Waals surface area (Å²) in [5.41, 5.74) is 4.05. The predicted molar refractivity (Wildman–Crippen MR) is 89.1 cm³/mol. The maximum absolute atomic E-state index is 12.1. The van der Waals surface area contributed by atoms with Gasteiger partial charge in [0.05, 0.1) is 0 Å². The highest BCUT2D eigenvalue weighted by Gasteiger charge is 2.06. The molecule has 0 fully saturated rings. The quantitative estimate of drug-likeness (QED) is 0.752. The van der Waals surface area contributed by atoms with Crippen LogP contribution in [0.25, 0.3) is 0 Å². The fourth-order valence-electron chi connectivity index (χ4n) is 1.90. The van der Waals surface area contributed by atoms with Gasteiger partial charge in [0.15, 0.2) is 0 Å². The van der Waals surface area contributed by atoms with E-state index in [-0.39, 0.29) is 5.91 Å². The Hall–Kier alpha value is -1.13. The van der Waals surface area contributed by atoms with E-state index in [4.69, 9.17) is 0 Å². The fourth-order valence-corrected chi connectivity index (χ4v) is 2.88. The Kier molecular flexibility index (Phi) is 5.38. The Morgan fingerprint density at radius 1 is 1.10 bits per heavy atom. The number of rotatable bonds is 4. The van der Waals surface area contributed by atoms with Crippen molar-refractivity contribution in [3.63, 3.8) is 0 Å². The van der Waals surface area contributed by atoms with Gasteiger partial charge >= 0.3 is 0 Å². The third-order valence-electron chi connectivity index (χ3n) is 2.93. The molecule has 20 heavy (non-hydrogen) atoms. The first-order chi connectivity index (χ1) is 9.58. The van der Waals surface area contributed by atoms with E-state index in [1.807, 2.05) is 37.3 Å². The third kappa shape index (κ3) is 4.18. The molecule has 0 aromatic heterocycles. The predicted octanol–water partition coefficient (Wildman–Crippen LogP) is 4.58. The highest BCUT2D eigenvalue weighted by molar-refractivity contribution is 9.10. The van der Waals surface area contributed by atoms with Gasteiger partial charge in [-0.2, -0.15) is 0 Å². The molecule has 0 saturated heterocycles. The summed E-state index contributed by atoms with van der Waals surface area (Å²) in [6.07, 6.45) is 0. The second-order valence-electron chi connectivity index (χ2n) is 4.65. The zero-order chi connectivity index (χ0) is 14.5. The molecule has 0 radical (unpaired) electrons. The smallest absolute Gasteiger partial charge is 0.251 e. The molecule has 0 bridgehead atoms. The van der Waals surface area contributed by atoms with Crippen LogP contribution in [0.4, 0.5) is 0 Å². The van der Waals surface area contributed by atoms with Gasteiger partial charge in [-0.05, 0) is 41.8 Å². The molecule has 2 aromatic carbocycles. The van der Waals surface area contributed by atoms with Crippen LogP contribution in [0.3, 0.4) is 0 Å². The average Bonchev–Trinajstić information content (AvgIpc) is 2.44. The molecule has 0 atom stereocenters. The minimum Gasteiger partial charge on any atom is -0.348 e. The summed E-state index contributed by atoms with van der Waals surface area (Å²) >= 11 is 6.82. The lowest BCUT2D eigenvalue weighted by atomic mass is 10.1. The SMILES string of the molecule is Cc1cc(Br)cc(C(=O)NCc2ccc(CBr)cc2)c1. The molecular formula is C16H15Br2NO. The molecule has 2 aromatic rings. The highest BCUT2D eigenvalue weighted by Crippen LogP contribution is 2.15. The number of hydrogen-bond donors (Lipinski definition) is 1. The van der Waals surface area contributed by atoms with Crippen molar-refractivity contribution in [2.24, 2.45) is 0 Å². The van der Waals surface area contributed by atoms with Crippen LogP contribution in [0, 0.1) is 6.92 Å². The largest absolute Gasteiger partial charge is 0.348 e. The number of aryl methyl sites for hydroxylation is 1. The van der Waals surface area contributed by atoms with Gasteiger partial charge in [-0.1, -0.05) is 56.1 Å². The van der Waals surface area contributed by atoms with Crippen LogP contribution in [-0.4, -0.2) is 5.91 Å². The van der Waals surface area contributed by atoms with Crippen molar-refractivity contribution in [2.45, 2.75) is 18.8 Å². The molecule has 0 heterocycles. The summed E-state index contributed by atoms with van der Waals surface area (Å²) in [5, 5.41) is 3.78. The third-order valence-corrected chi connectivity index (χ3v) is 4.04. The molecule has 0 aliphatic rings. The number of benzene rings is 2. The van der Waals surface area contributed by atoms with Crippen LogP contribution >= 0.6 is 31.9 Å². The van der Waals surface area contributed by atoms with E-state index in [9.17, 15) is 4.79 Å². The first-order valence-electron chi connectivity index (χ1n) is 6.27. The first-order valence-corrected chi connectivity index (χ1v) is 8.19. The standard InChI is InChI=1S/C16H15Br2NO/c1-11-6-14(8-15(18)7-11)16(20)19-10-13-4-2-12(9-17)3-5-13/h2-8H,9-10H2,1H3,(H,19,20). The van der Waals surface area contributed by atoms with E-state index in [1.165, 1.54) is 5.56 Å². The monoisotopic (exact) mass is 395 g/mol. The lowest BCUT2D eigenvalue weighted by Crippen LogP contribution is -2.22. The van der Waals surface area contributed by atoms with Crippen molar-refractivity contribution in [3.8, 4) is 0 Å². The summed E-state index contributed by atoms with van der Waals surface area (Å²) in [6.45, 7) is 2.51. The van der Waals surface area contributed by atoms with Gasteiger partial charge in [-0.3, -0.25) is 4.79 Å². The zero-order valence-electron chi connectivity index (χ0n) is 11.1. The normalized spacial score (nSPS) is 10.3. The molecule has 2 rings (SSSR count). The first kappa shape index (κ1) is 15.3. The molecule has 0 aliphatic heterocycles. The maximum Gasteiger partial charge on any atom is 0.251 e. The number of nitrogens with one attached hydrogen (secondary N) is 1. The molecule has 1 N–H and O–H groups in total. The van der Waals surface area contributed by atoms with Crippen LogP contribution < -0.4 is 5.32 Å². The van der Waals surface area contributed by atoms with Crippen LogP contribution in [0.1, 0.15) is 27.0 Å². The number of halogens is 2. The van der Waals surface area contributed by atoms with E-state index in [0.29, 0.717) is 12.1 Å². The van der Waals surface area contributed by atoms with Crippen molar-refractivity contribution >= 4 is 37.8 Å². The summed E-state index contributed by atoms with van der Waals surface area (Å²) in [7, 11) is 0. The van der Waals surface area contributed by atoms with Crippen LogP contribution in [0.15, 0.2) is 46.9 Å². The molecule has 1 amide bonds. The van der Waals surface area contributed by atoms with Gasteiger partial charge in [0, 0.05) is 21.9 Å². The van der Waals surface area contributed by atoms with Gasteiger partial charge < -0.3 is 5.32 Å². The summed E-state index contributed by atoms with van der Waals surface area (Å²) in [4.78, 5) is 12.1. The molecule has 0 saturated carbocycles. The van der Waals surface area contributed by atoms with Crippen LogP contribution in [0.2, 0.25) is 0 Å². The minimum absolute atomic E-state index is 0.0565. The Bertz CT molecular complexity index is 588. The molecule has 104 valence electrons. The van der Waals surface area contributed by atoms with Gasteiger partial charge in [-0.25, -0.2) is 0 Å². The van der Waals surface area contributed by atoms with E-state index < -0.39 is 0 Å². The topological polar surface area (TPSA) is 29.1 Å². The molecule has 4 heteroatoms. The lowest BCUT2D eigenvalue weighted by molar-refractivity contribution is 0.0951. The van der Waals surface area contributed by atoms with E-state index in [2.05, 4.69) is 49.3 Å². The number of carbonyl (C=O) groups excluding carboxylic acids is 1. The number of carbonyl (C=O) groups is 1. The minimum atomic E-state index is -0.0565. The highest BCUT2D eigenvalue weighted by atomic mass is 79.9. The summed E-state index contributed by atoms with van der Waals surface area (Å²) in [5.74, 6) is -0.0565. The van der Waals surface area contributed by atoms with Crippen molar-refractivity contribution < 1.29 is 4.79 Å². The van der Waals surface area contributed by atoms with Crippen LogP contribution in [0.5, 0.6) is 0 Å². The lowest BCUT2D eigenvalue weighted by Gasteiger charge is -2.07. The van der Waals surface area contributed by atoms with Crippen molar-refractivity contribution in [3.05, 3.63) is 69.2 Å². The zero-order valence-corrected chi connectivity index (χ0v) is 14.3. The van der Waals surface area contributed by atoms with Crippen molar-refractivity contribution in [1.82, 2.24) is 5.32 Å². The Morgan fingerprint density at radius 2 is 1.75 bits per heavy atom. The Morgan fingerprint density at radius 3 is 2.35 bits per heavy atom. The summed E-state index contributed by atoms with van der Waals surface area (Å²) < 4.78 is 0.921. The van der Waals surface area contributed by atoms with Gasteiger partial charge in [0.1, 0.15) is 0 Å². The number of hydrogen-bond acceptors (Lipinski definition) is 1. The molecule has 0 spiro atoms. The van der Waals surface area contributed by atoms with Gasteiger partial charge in [-0.15, -0.1) is 0 Å². The number of alkyl halides is 1. The Labute approximate surface area is 135 Å². The summed E-state index contributed by atoms with van der Waals surface area (Å²) in [6, 6.07) is 13.9. The van der Waals surface area contributed by atoms with Crippen molar-refractivity contribution in [1.29, 1.82) is 0 Å². The van der Waals surface area contributed by atoms with E-state index >= 15 is 0 Å².